The number of rotatable bonds is 4. The van der Waals surface area contributed by atoms with Crippen molar-refractivity contribution in [1.29, 1.82) is 0 Å². The predicted molar refractivity (Wildman–Crippen MR) is 170 cm³/mol. The molecule has 3 aromatic carbocycles. The normalized spacial score (nSPS) is 18.5. The second-order valence-corrected chi connectivity index (χ2v) is 20.0. The molecule has 0 saturated carbocycles. The maximum absolute atomic E-state index is 2.66. The van der Waals surface area contributed by atoms with E-state index in [2.05, 4.69) is 133 Å². The molecule has 0 atom stereocenters. The minimum absolute atomic E-state index is 0. The summed E-state index contributed by atoms with van der Waals surface area (Å²) in [6, 6.07) is 21.8. The van der Waals surface area contributed by atoms with Gasteiger partial charge in [0.1, 0.15) is 0 Å². The number of fused-ring (bicyclic) bond motifs is 5. The van der Waals surface area contributed by atoms with Crippen molar-refractivity contribution in [3.05, 3.63) is 127 Å². The van der Waals surface area contributed by atoms with Gasteiger partial charge in [-0.3, -0.25) is 0 Å². The average Bonchev–Trinajstić information content (AvgIpc) is 3.66. The molecule has 7 rings (SSSR count). The van der Waals surface area contributed by atoms with Crippen molar-refractivity contribution in [1.82, 2.24) is 0 Å². The molecule has 0 saturated heterocycles. The average molecular weight is 671 g/mol. The van der Waals surface area contributed by atoms with Crippen molar-refractivity contribution in [2.24, 2.45) is 0 Å². The van der Waals surface area contributed by atoms with Crippen LogP contribution in [0.5, 0.6) is 0 Å². The molecule has 4 aliphatic carbocycles. The number of hydrogen-bond donors (Lipinski definition) is 0. The Morgan fingerprint density at radius 2 is 1.29 bits per heavy atom. The summed E-state index contributed by atoms with van der Waals surface area (Å²) in [7, 11) is 0. The van der Waals surface area contributed by atoms with Crippen molar-refractivity contribution in [2.45, 2.75) is 75.8 Å². The number of hydrogen-bond acceptors (Lipinski definition) is 0. The minimum atomic E-state index is -2.47. The van der Waals surface area contributed by atoms with Gasteiger partial charge in [-0.2, -0.15) is 0 Å². The summed E-state index contributed by atoms with van der Waals surface area (Å²) in [5, 5.41) is 0. The van der Waals surface area contributed by atoms with E-state index in [4.69, 9.17) is 0 Å². The van der Waals surface area contributed by atoms with E-state index in [-0.39, 0.29) is 35.6 Å². The molecule has 0 spiro atoms. The summed E-state index contributed by atoms with van der Waals surface area (Å²) >= 11 is -2.47. The standard InChI is InChI=1S/C25H25.C9H10.C5H5.2ClH.Zr/c1-14-12-24(3,4)22-8-16-7-17-9-23-19(15(2)13-25(23,5)6)11-21(17)20(16)10-18(14)22;1-2-6-9-7-4-3-5-8-9;1-2-4-5-3-1;;;/h7-13H,1-6H3;3-5,7-8H,2H2,1H3;1-3H,4H2;2*1H;/q;;;;;+2/p-2. The van der Waals surface area contributed by atoms with Crippen LogP contribution in [0.1, 0.15) is 104 Å². The summed E-state index contributed by atoms with van der Waals surface area (Å²) in [5.41, 5.74) is 16.6. The van der Waals surface area contributed by atoms with Crippen LogP contribution < -0.4 is 24.8 Å². The first-order valence-corrected chi connectivity index (χ1v) is 18.9. The molecule has 0 N–H and O–H groups in total. The molecule has 0 nitrogen and oxygen atoms in total. The largest absolute Gasteiger partial charge is 1.00 e. The van der Waals surface area contributed by atoms with Gasteiger partial charge in [-0.05, 0) is 0 Å². The first kappa shape index (κ1) is 31.4. The van der Waals surface area contributed by atoms with Crippen LogP contribution in [0.25, 0.3) is 22.3 Å². The summed E-state index contributed by atoms with van der Waals surface area (Å²) in [6.45, 7) is 16.6. The van der Waals surface area contributed by atoms with Crippen LogP contribution in [0.2, 0.25) is 0 Å². The Labute approximate surface area is 272 Å². The Morgan fingerprint density at radius 3 is 1.74 bits per heavy atom. The Hall–Kier alpha value is -2.05. The topological polar surface area (TPSA) is 0 Å². The Balaban J connectivity index is 0.00000176. The fraction of sp³-hybridized carbons (Fsp3) is 0.308. The third-order valence-corrected chi connectivity index (χ3v) is 18.6. The molecule has 3 aromatic rings. The fourth-order valence-electron chi connectivity index (χ4n) is 8.16. The van der Waals surface area contributed by atoms with Crippen LogP contribution in [-0.4, -0.2) is 3.21 Å². The van der Waals surface area contributed by atoms with Crippen LogP contribution >= 0.6 is 0 Å². The molecule has 4 aliphatic rings. The SMILES string of the molecule is CC/[C](c1ccccc1)=[Zr+2](/[C]1=CC=CC1)[CH]1c2cc3c(cc2-c2cc4c(cc21)C(C)(C)C=C4C)C(C)=CC3(C)C.[Cl-].[Cl-]. The van der Waals surface area contributed by atoms with Gasteiger partial charge >= 0.3 is 250 Å². The second kappa shape index (κ2) is 11.1. The number of benzene rings is 3. The van der Waals surface area contributed by atoms with E-state index in [1.807, 2.05) is 0 Å². The quantitative estimate of drug-likeness (QED) is 0.390. The van der Waals surface area contributed by atoms with Crippen LogP contribution in [0.4, 0.5) is 0 Å². The van der Waals surface area contributed by atoms with Gasteiger partial charge in [-0.1, -0.05) is 0 Å². The van der Waals surface area contributed by atoms with Gasteiger partial charge < -0.3 is 24.8 Å². The predicted octanol–water partition coefficient (Wildman–Crippen LogP) is 4.25. The van der Waals surface area contributed by atoms with Gasteiger partial charge in [0, 0.05) is 0 Å². The monoisotopic (exact) mass is 668 g/mol. The molecule has 42 heavy (non-hydrogen) atoms. The first-order chi connectivity index (χ1) is 19.1. The number of allylic oxidation sites excluding steroid dienone is 8. The van der Waals surface area contributed by atoms with Crippen molar-refractivity contribution in [3.63, 3.8) is 0 Å². The third kappa shape index (κ3) is 4.70. The van der Waals surface area contributed by atoms with Crippen LogP contribution in [0.15, 0.2) is 88.3 Å². The molecule has 0 fully saturated rings. The van der Waals surface area contributed by atoms with E-state index in [1.54, 1.807) is 17.6 Å². The van der Waals surface area contributed by atoms with Crippen molar-refractivity contribution in [3.8, 4) is 11.1 Å². The van der Waals surface area contributed by atoms with E-state index in [9.17, 15) is 0 Å². The molecule has 0 aliphatic heterocycles. The van der Waals surface area contributed by atoms with Gasteiger partial charge in [0.2, 0.25) is 0 Å². The molecule has 0 radical (unpaired) electrons. The zero-order valence-electron chi connectivity index (χ0n) is 25.8. The third-order valence-electron chi connectivity index (χ3n) is 9.89. The van der Waals surface area contributed by atoms with Gasteiger partial charge in [-0.15, -0.1) is 0 Å². The molecular formula is C39H40Cl2Zr. The zero-order chi connectivity index (χ0) is 28.0. The molecule has 0 heterocycles. The van der Waals surface area contributed by atoms with E-state index in [0.717, 1.165) is 12.8 Å². The summed E-state index contributed by atoms with van der Waals surface area (Å²) in [6.07, 6.45) is 14.4. The van der Waals surface area contributed by atoms with Crippen LogP contribution in [0, 0.1) is 0 Å². The van der Waals surface area contributed by atoms with Gasteiger partial charge in [-0.25, -0.2) is 0 Å². The Kier molecular flexibility index (Phi) is 8.33. The van der Waals surface area contributed by atoms with Crippen molar-refractivity contribution < 1.29 is 46.1 Å². The van der Waals surface area contributed by atoms with Crippen molar-refractivity contribution >= 4 is 14.4 Å². The molecule has 214 valence electrons. The van der Waals surface area contributed by atoms with E-state index >= 15 is 0 Å². The molecule has 0 bridgehead atoms. The van der Waals surface area contributed by atoms with Crippen LogP contribution in [-0.2, 0) is 32.1 Å². The summed E-state index contributed by atoms with van der Waals surface area (Å²) < 4.78 is 4.00. The van der Waals surface area contributed by atoms with Gasteiger partial charge in [0.05, 0.1) is 0 Å². The molecule has 0 unspecified atom stereocenters. The van der Waals surface area contributed by atoms with E-state index in [0.29, 0.717) is 3.63 Å². The fourth-order valence-corrected chi connectivity index (χ4v) is 17.2. The molecule has 0 aromatic heterocycles. The minimum Gasteiger partial charge on any atom is -1.00 e. The molecule has 0 amide bonds. The first-order valence-electron chi connectivity index (χ1n) is 15.0. The van der Waals surface area contributed by atoms with Gasteiger partial charge in [0.25, 0.3) is 0 Å². The molecule has 3 heteroatoms. The summed E-state index contributed by atoms with van der Waals surface area (Å²) in [4.78, 5) is 0. The summed E-state index contributed by atoms with van der Waals surface area (Å²) in [5.74, 6) is 0. The zero-order valence-corrected chi connectivity index (χ0v) is 29.8. The van der Waals surface area contributed by atoms with Crippen LogP contribution in [0.3, 0.4) is 0 Å². The van der Waals surface area contributed by atoms with E-state index in [1.165, 1.54) is 50.1 Å². The van der Waals surface area contributed by atoms with Crippen molar-refractivity contribution in [2.75, 3.05) is 0 Å². The smallest absolute Gasteiger partial charge is 1.00 e. The van der Waals surface area contributed by atoms with E-state index < -0.39 is 21.3 Å². The maximum Gasteiger partial charge on any atom is -1.00 e. The molecular weight excluding hydrogens is 631 g/mol. The van der Waals surface area contributed by atoms with Gasteiger partial charge in [0.15, 0.2) is 0 Å². The second-order valence-electron chi connectivity index (χ2n) is 13.4. The Morgan fingerprint density at radius 1 is 0.762 bits per heavy atom. The number of halogens is 2. The maximum atomic E-state index is 2.66. The Bertz CT molecular complexity index is 1670.